The zero-order valence-corrected chi connectivity index (χ0v) is 15.9. The lowest BCUT2D eigenvalue weighted by Gasteiger charge is -2.58. The van der Waals surface area contributed by atoms with Crippen LogP contribution >= 0.6 is 0 Å². The van der Waals surface area contributed by atoms with Crippen molar-refractivity contribution in [2.75, 3.05) is 32.9 Å². The van der Waals surface area contributed by atoms with Crippen molar-refractivity contribution in [2.45, 2.75) is 77.9 Å². The SMILES string of the molecule is CCCCOCCCCOC1CC2(C1)CN(C(=O)OC(C)(C)C)C2. The summed E-state index contributed by atoms with van der Waals surface area (Å²) in [5.74, 6) is 0. The van der Waals surface area contributed by atoms with E-state index in [9.17, 15) is 4.79 Å². The van der Waals surface area contributed by atoms with Crippen LogP contribution in [0.2, 0.25) is 0 Å². The van der Waals surface area contributed by atoms with Gasteiger partial charge in [0, 0.05) is 38.3 Å². The summed E-state index contributed by atoms with van der Waals surface area (Å²) in [5.41, 5.74) is -0.101. The van der Waals surface area contributed by atoms with Crippen LogP contribution in [0.3, 0.4) is 0 Å². The summed E-state index contributed by atoms with van der Waals surface area (Å²) in [5, 5.41) is 0. The normalized spacial score (nSPS) is 19.9. The standard InChI is InChI=1S/C19H35NO4/c1-5-6-9-22-10-7-8-11-23-16-12-19(13-16)14-20(15-19)17(21)24-18(2,3)4/h16H,5-15H2,1-4H3. The lowest BCUT2D eigenvalue weighted by atomic mass is 9.62. The van der Waals surface area contributed by atoms with Gasteiger partial charge >= 0.3 is 6.09 Å². The van der Waals surface area contributed by atoms with Gasteiger partial charge in [-0.25, -0.2) is 4.79 Å². The lowest BCUT2D eigenvalue weighted by Crippen LogP contribution is -2.65. The molecule has 24 heavy (non-hydrogen) atoms. The van der Waals surface area contributed by atoms with E-state index in [2.05, 4.69) is 6.92 Å². The second kappa shape index (κ2) is 8.52. The third-order valence-electron chi connectivity index (χ3n) is 4.70. The average molecular weight is 341 g/mol. The molecule has 1 aliphatic carbocycles. The van der Waals surface area contributed by atoms with Crippen LogP contribution < -0.4 is 0 Å². The minimum Gasteiger partial charge on any atom is -0.444 e. The molecule has 5 nitrogen and oxygen atoms in total. The average Bonchev–Trinajstić information content (AvgIpc) is 2.39. The Morgan fingerprint density at radius 1 is 1.08 bits per heavy atom. The number of carbonyl (C=O) groups excluding carboxylic acids is 1. The van der Waals surface area contributed by atoms with Gasteiger partial charge in [-0.2, -0.15) is 0 Å². The third-order valence-corrected chi connectivity index (χ3v) is 4.70. The summed E-state index contributed by atoms with van der Waals surface area (Å²) in [6, 6.07) is 0. The van der Waals surface area contributed by atoms with E-state index in [1.165, 1.54) is 6.42 Å². The van der Waals surface area contributed by atoms with E-state index >= 15 is 0 Å². The first-order chi connectivity index (χ1) is 11.3. The highest BCUT2D eigenvalue weighted by Crippen LogP contribution is 2.49. The van der Waals surface area contributed by atoms with Gasteiger partial charge in [0.1, 0.15) is 5.60 Å². The number of unbranched alkanes of at least 4 members (excludes halogenated alkanes) is 2. The molecule has 140 valence electrons. The number of likely N-dealkylation sites (tertiary alicyclic amines) is 1. The second-order valence-corrected chi connectivity index (χ2v) is 8.41. The van der Waals surface area contributed by atoms with Crippen molar-refractivity contribution in [2.24, 2.45) is 5.41 Å². The summed E-state index contributed by atoms with van der Waals surface area (Å²) >= 11 is 0. The van der Waals surface area contributed by atoms with Gasteiger partial charge in [-0.05, 0) is 52.9 Å². The summed E-state index contributed by atoms with van der Waals surface area (Å²) in [4.78, 5) is 13.8. The van der Waals surface area contributed by atoms with Gasteiger partial charge in [0.2, 0.25) is 0 Å². The number of rotatable bonds is 9. The molecule has 0 radical (unpaired) electrons. The van der Waals surface area contributed by atoms with Gasteiger partial charge in [-0.3, -0.25) is 0 Å². The van der Waals surface area contributed by atoms with E-state index in [1.807, 2.05) is 25.7 Å². The number of amides is 1. The molecule has 0 N–H and O–H groups in total. The van der Waals surface area contributed by atoms with Crippen LogP contribution in [-0.2, 0) is 14.2 Å². The molecule has 1 aliphatic heterocycles. The van der Waals surface area contributed by atoms with Crippen LogP contribution in [0, 0.1) is 5.41 Å². The quantitative estimate of drug-likeness (QED) is 0.595. The molecule has 0 aromatic heterocycles. The van der Waals surface area contributed by atoms with Crippen molar-refractivity contribution < 1.29 is 19.0 Å². The molecule has 2 fully saturated rings. The van der Waals surface area contributed by atoms with E-state index in [-0.39, 0.29) is 6.09 Å². The van der Waals surface area contributed by atoms with Crippen LogP contribution in [0.5, 0.6) is 0 Å². The van der Waals surface area contributed by atoms with Crippen molar-refractivity contribution in [1.82, 2.24) is 4.90 Å². The van der Waals surface area contributed by atoms with Crippen LogP contribution in [0.25, 0.3) is 0 Å². The molecule has 1 saturated carbocycles. The maximum absolute atomic E-state index is 11.9. The fourth-order valence-corrected chi connectivity index (χ4v) is 3.41. The highest BCUT2D eigenvalue weighted by Gasteiger charge is 2.54. The number of carbonyl (C=O) groups is 1. The monoisotopic (exact) mass is 341 g/mol. The zero-order valence-electron chi connectivity index (χ0n) is 15.9. The molecule has 1 amide bonds. The molecule has 1 spiro atoms. The summed E-state index contributed by atoms with van der Waals surface area (Å²) in [7, 11) is 0. The van der Waals surface area contributed by atoms with E-state index in [1.54, 1.807) is 0 Å². The van der Waals surface area contributed by atoms with Crippen LogP contribution in [0.15, 0.2) is 0 Å². The zero-order chi connectivity index (χ0) is 17.6. The maximum Gasteiger partial charge on any atom is 0.410 e. The largest absolute Gasteiger partial charge is 0.444 e. The Labute approximate surface area is 147 Å². The smallest absolute Gasteiger partial charge is 0.410 e. The molecule has 2 rings (SSSR count). The van der Waals surface area contributed by atoms with Crippen molar-refractivity contribution in [3.05, 3.63) is 0 Å². The van der Waals surface area contributed by atoms with Crippen molar-refractivity contribution >= 4 is 6.09 Å². The number of ether oxygens (including phenoxy) is 3. The summed E-state index contributed by atoms with van der Waals surface area (Å²) in [6.45, 7) is 12.1. The molecule has 1 heterocycles. The highest BCUT2D eigenvalue weighted by molar-refractivity contribution is 5.69. The first-order valence-corrected chi connectivity index (χ1v) is 9.51. The van der Waals surface area contributed by atoms with Gasteiger partial charge < -0.3 is 19.1 Å². The molecular formula is C19H35NO4. The van der Waals surface area contributed by atoms with Crippen molar-refractivity contribution in [1.29, 1.82) is 0 Å². The lowest BCUT2D eigenvalue weighted by molar-refractivity contribution is -0.147. The summed E-state index contributed by atoms with van der Waals surface area (Å²) < 4.78 is 16.9. The topological polar surface area (TPSA) is 48.0 Å². The molecule has 0 aromatic carbocycles. The summed E-state index contributed by atoms with van der Waals surface area (Å²) in [6.07, 6.45) is 6.86. The maximum atomic E-state index is 11.9. The van der Waals surface area contributed by atoms with E-state index < -0.39 is 5.60 Å². The van der Waals surface area contributed by atoms with Crippen LogP contribution in [-0.4, -0.2) is 55.6 Å². The van der Waals surface area contributed by atoms with Crippen LogP contribution in [0.1, 0.15) is 66.2 Å². The van der Waals surface area contributed by atoms with Crippen molar-refractivity contribution in [3.63, 3.8) is 0 Å². The minimum absolute atomic E-state index is 0.180. The number of hydrogen-bond donors (Lipinski definition) is 0. The number of hydrogen-bond acceptors (Lipinski definition) is 4. The molecule has 0 atom stereocenters. The Kier molecular flexibility index (Phi) is 6.93. The minimum atomic E-state index is -0.411. The fourth-order valence-electron chi connectivity index (χ4n) is 3.41. The van der Waals surface area contributed by atoms with E-state index in [0.717, 1.165) is 65.0 Å². The predicted octanol–water partition coefficient (Wildman–Crippen LogP) is 4.00. The van der Waals surface area contributed by atoms with Gasteiger partial charge in [0.15, 0.2) is 0 Å². The van der Waals surface area contributed by atoms with Crippen molar-refractivity contribution in [3.8, 4) is 0 Å². The first-order valence-electron chi connectivity index (χ1n) is 9.51. The van der Waals surface area contributed by atoms with Gasteiger partial charge in [-0.1, -0.05) is 13.3 Å². The Bertz CT molecular complexity index is 391. The number of nitrogens with zero attached hydrogens (tertiary/aromatic N) is 1. The second-order valence-electron chi connectivity index (χ2n) is 8.41. The van der Waals surface area contributed by atoms with Gasteiger partial charge in [-0.15, -0.1) is 0 Å². The Balaban J connectivity index is 1.46. The molecule has 0 bridgehead atoms. The molecule has 1 saturated heterocycles. The van der Waals surface area contributed by atoms with E-state index in [4.69, 9.17) is 14.2 Å². The Hall–Kier alpha value is -0.810. The molecule has 5 heteroatoms. The van der Waals surface area contributed by atoms with Crippen LogP contribution in [0.4, 0.5) is 4.79 Å². The van der Waals surface area contributed by atoms with Gasteiger partial charge in [0.25, 0.3) is 0 Å². The third kappa shape index (κ3) is 5.92. The van der Waals surface area contributed by atoms with E-state index in [0.29, 0.717) is 11.5 Å². The van der Waals surface area contributed by atoms with Gasteiger partial charge in [0.05, 0.1) is 6.10 Å². The molecule has 2 aliphatic rings. The fraction of sp³-hybridized carbons (Fsp3) is 0.947. The molecular weight excluding hydrogens is 306 g/mol. The molecule has 0 aromatic rings. The highest BCUT2D eigenvalue weighted by atomic mass is 16.6. The Morgan fingerprint density at radius 2 is 1.71 bits per heavy atom. The Morgan fingerprint density at radius 3 is 2.33 bits per heavy atom. The first kappa shape index (κ1) is 19.5. The predicted molar refractivity (Wildman–Crippen MR) is 94.2 cm³/mol. The molecule has 0 unspecified atom stereocenters.